The quantitative estimate of drug-likeness (QED) is 0.343. The summed E-state index contributed by atoms with van der Waals surface area (Å²) >= 11 is 0. The monoisotopic (exact) mass is 230 g/mol. The molecule has 0 heterocycles. The van der Waals surface area contributed by atoms with E-state index in [0.29, 0.717) is 6.07 Å². The summed E-state index contributed by atoms with van der Waals surface area (Å²) in [5, 5.41) is 2.28. The lowest BCUT2D eigenvalue weighted by Crippen LogP contribution is -1.95. The molecule has 0 aromatic heterocycles. The molecule has 0 aliphatic rings. The van der Waals surface area contributed by atoms with E-state index in [1.807, 2.05) is 0 Å². The summed E-state index contributed by atoms with van der Waals surface area (Å²) in [6.07, 6.45) is 0. The molecule has 1 aromatic rings. The molecule has 0 fully saturated rings. The molecule has 0 saturated heterocycles. The number of sulfonamides is 1. The van der Waals surface area contributed by atoms with E-state index in [-0.39, 0.29) is 0 Å². The highest BCUT2D eigenvalue weighted by Gasteiger charge is 2.14. The van der Waals surface area contributed by atoms with E-state index >= 15 is 0 Å². The van der Waals surface area contributed by atoms with Crippen LogP contribution < -0.4 is 0 Å². The minimum Gasteiger partial charge on any atom is -0.216 e. The van der Waals surface area contributed by atoms with Crippen molar-refractivity contribution in [2.24, 2.45) is 9.70 Å². The Morgan fingerprint density at radius 3 is 2.60 bits per heavy atom. The van der Waals surface area contributed by atoms with E-state index in [4.69, 9.17) is 5.53 Å². The summed E-state index contributed by atoms with van der Waals surface area (Å²) in [5.74, 6) is -0.954. The predicted octanol–water partition coefficient (Wildman–Crippen LogP) is 2.22. The average Bonchev–Trinajstić information content (AvgIpc) is 2.18. The third-order valence-corrected chi connectivity index (χ3v) is 2.60. The highest BCUT2D eigenvalue weighted by atomic mass is 32.2. The Hall–Kier alpha value is -1.99. The molecule has 0 aliphatic carbocycles. The van der Waals surface area contributed by atoms with Crippen molar-refractivity contribution < 1.29 is 12.8 Å². The van der Waals surface area contributed by atoms with Crippen LogP contribution in [-0.4, -0.2) is 8.42 Å². The van der Waals surface area contributed by atoms with Crippen molar-refractivity contribution in [2.75, 3.05) is 0 Å². The summed E-state index contributed by atoms with van der Waals surface area (Å²) in [6, 6.07) is 2.30. The van der Waals surface area contributed by atoms with E-state index < -0.39 is 26.4 Å². The van der Waals surface area contributed by atoms with Crippen molar-refractivity contribution >= 4 is 15.7 Å². The van der Waals surface area contributed by atoms with Crippen LogP contribution in [0.25, 0.3) is 10.4 Å². The van der Waals surface area contributed by atoms with Gasteiger partial charge in [0.25, 0.3) is 10.0 Å². The van der Waals surface area contributed by atoms with Gasteiger partial charge in [0.05, 0.1) is 4.90 Å². The van der Waals surface area contributed by atoms with Gasteiger partial charge in [-0.1, -0.05) is 0 Å². The van der Waals surface area contributed by atoms with Crippen molar-refractivity contribution in [1.29, 1.82) is 0 Å². The molecular formula is C6H3FN4O3S. The number of nitroso groups, excluding NO2 is 1. The summed E-state index contributed by atoms with van der Waals surface area (Å²) in [7, 11) is -4.22. The molecule has 0 amide bonds. The van der Waals surface area contributed by atoms with Gasteiger partial charge in [0.2, 0.25) is 0 Å². The summed E-state index contributed by atoms with van der Waals surface area (Å²) in [4.78, 5) is 11.7. The van der Waals surface area contributed by atoms with Crippen LogP contribution in [0, 0.1) is 10.7 Å². The minimum absolute atomic E-state index is 0.490. The first-order chi connectivity index (χ1) is 7.01. The van der Waals surface area contributed by atoms with Gasteiger partial charge < -0.3 is 0 Å². The molecule has 0 atom stereocenters. The molecule has 0 spiro atoms. The van der Waals surface area contributed by atoms with Crippen LogP contribution in [0.3, 0.4) is 0 Å². The molecule has 0 aliphatic heterocycles. The van der Waals surface area contributed by atoms with Crippen LogP contribution in [-0.2, 0) is 10.0 Å². The lowest BCUT2D eigenvalue weighted by Gasteiger charge is -1.97. The molecule has 0 saturated carbocycles. The maximum atomic E-state index is 12.8. The molecule has 0 radical (unpaired) electrons. The van der Waals surface area contributed by atoms with Crippen LogP contribution >= 0.6 is 0 Å². The first-order valence-corrected chi connectivity index (χ1v) is 4.89. The Morgan fingerprint density at radius 1 is 1.40 bits per heavy atom. The first-order valence-electron chi connectivity index (χ1n) is 3.45. The standard InChI is InChI=1S/C6H3FN4O3S/c7-5-2-1-4(3-6(5)9-12)15(13,14)11-10-8/h1-3H. The van der Waals surface area contributed by atoms with Crippen molar-refractivity contribution in [3.8, 4) is 0 Å². The van der Waals surface area contributed by atoms with Gasteiger partial charge in [-0.2, -0.15) is 0 Å². The Balaban J connectivity index is 3.41. The predicted molar refractivity (Wildman–Crippen MR) is 48.2 cm³/mol. The maximum Gasteiger partial charge on any atom is 0.264 e. The van der Waals surface area contributed by atoms with Gasteiger partial charge in [0.1, 0.15) is 5.69 Å². The van der Waals surface area contributed by atoms with E-state index in [9.17, 15) is 17.7 Å². The Morgan fingerprint density at radius 2 is 2.07 bits per heavy atom. The number of hydrogen-bond donors (Lipinski definition) is 0. The van der Waals surface area contributed by atoms with E-state index in [1.54, 1.807) is 0 Å². The second kappa shape index (κ2) is 4.03. The second-order valence-corrected chi connectivity index (χ2v) is 3.94. The first kappa shape index (κ1) is 11.1. The lowest BCUT2D eigenvalue weighted by molar-refractivity contribution is 0.596. The van der Waals surface area contributed by atoms with Gasteiger partial charge in [-0.25, -0.2) is 12.8 Å². The van der Waals surface area contributed by atoms with Crippen LogP contribution in [0.4, 0.5) is 10.1 Å². The normalized spacial score (nSPS) is 10.5. The highest BCUT2D eigenvalue weighted by Crippen LogP contribution is 2.22. The fourth-order valence-electron chi connectivity index (χ4n) is 0.818. The van der Waals surface area contributed by atoms with Gasteiger partial charge in [-0.05, 0) is 28.9 Å². The molecule has 9 heteroatoms. The Bertz CT molecular complexity index is 549. The zero-order chi connectivity index (χ0) is 11.5. The Labute approximate surface area is 83.2 Å². The fourth-order valence-corrected chi connectivity index (χ4v) is 1.51. The molecule has 0 unspecified atom stereocenters. The second-order valence-electron chi connectivity index (χ2n) is 2.35. The summed E-state index contributed by atoms with van der Waals surface area (Å²) < 4.78 is 37.5. The third kappa shape index (κ3) is 2.27. The number of azide groups is 1. The summed E-state index contributed by atoms with van der Waals surface area (Å²) in [6.45, 7) is 0. The van der Waals surface area contributed by atoms with Crippen molar-refractivity contribution in [1.82, 2.24) is 0 Å². The number of nitrogens with zero attached hydrogens (tertiary/aromatic N) is 4. The highest BCUT2D eigenvalue weighted by molar-refractivity contribution is 7.90. The molecule has 0 bridgehead atoms. The minimum atomic E-state index is -4.22. The van der Waals surface area contributed by atoms with Gasteiger partial charge in [0.15, 0.2) is 5.82 Å². The molecule has 1 aromatic carbocycles. The van der Waals surface area contributed by atoms with E-state index in [0.717, 1.165) is 12.1 Å². The number of halogens is 1. The summed E-state index contributed by atoms with van der Waals surface area (Å²) in [5.41, 5.74) is 7.30. The SMILES string of the molecule is [N-]=[N+]=NS(=O)(=O)c1ccc(F)c(N=O)c1. The van der Waals surface area contributed by atoms with Crippen LogP contribution in [0.15, 0.2) is 32.8 Å². The largest absolute Gasteiger partial charge is 0.264 e. The van der Waals surface area contributed by atoms with Crippen molar-refractivity contribution in [3.05, 3.63) is 39.4 Å². The van der Waals surface area contributed by atoms with Crippen LogP contribution in [0.1, 0.15) is 0 Å². The average molecular weight is 230 g/mol. The molecular weight excluding hydrogens is 227 g/mol. The van der Waals surface area contributed by atoms with Gasteiger partial charge >= 0.3 is 0 Å². The fraction of sp³-hybridized carbons (Fsp3) is 0. The van der Waals surface area contributed by atoms with Gasteiger partial charge in [-0.3, -0.25) is 0 Å². The molecule has 15 heavy (non-hydrogen) atoms. The van der Waals surface area contributed by atoms with Crippen LogP contribution in [0.2, 0.25) is 0 Å². The third-order valence-electron chi connectivity index (χ3n) is 1.46. The zero-order valence-corrected chi connectivity index (χ0v) is 7.85. The van der Waals surface area contributed by atoms with Crippen molar-refractivity contribution in [2.45, 2.75) is 4.90 Å². The van der Waals surface area contributed by atoms with Crippen molar-refractivity contribution in [3.63, 3.8) is 0 Å². The Kier molecular flexibility index (Phi) is 2.98. The van der Waals surface area contributed by atoms with Gasteiger partial charge in [-0.15, -0.1) is 4.91 Å². The zero-order valence-electron chi connectivity index (χ0n) is 7.03. The number of rotatable bonds is 3. The van der Waals surface area contributed by atoms with E-state index in [2.05, 4.69) is 14.6 Å². The smallest absolute Gasteiger partial charge is 0.216 e. The van der Waals surface area contributed by atoms with Gasteiger partial charge in [0, 0.05) is 9.43 Å². The molecule has 0 N–H and O–H groups in total. The maximum absolute atomic E-state index is 12.8. The topological polar surface area (TPSA) is 112 Å². The van der Waals surface area contributed by atoms with Crippen LogP contribution in [0.5, 0.6) is 0 Å². The van der Waals surface area contributed by atoms with E-state index in [1.165, 1.54) is 0 Å². The lowest BCUT2D eigenvalue weighted by atomic mass is 10.3. The number of benzene rings is 1. The molecule has 1 rings (SSSR count). The molecule has 78 valence electrons. The number of hydrogen-bond acceptors (Lipinski definition) is 4. The molecule has 7 nitrogen and oxygen atoms in total.